The molecule has 2 amide bonds. The van der Waals surface area contributed by atoms with Gasteiger partial charge in [-0.1, -0.05) is 35.5 Å². The lowest BCUT2D eigenvalue weighted by molar-refractivity contribution is -0.126. The maximum atomic E-state index is 13.4. The number of rotatable bonds is 4. The lowest BCUT2D eigenvalue weighted by Crippen LogP contribution is -2.43. The van der Waals surface area contributed by atoms with Gasteiger partial charge in [0.25, 0.3) is 11.6 Å². The average molecular weight is 404 g/mol. The molecule has 154 valence electrons. The third-order valence-electron chi connectivity index (χ3n) is 5.99. The first-order valence-electron chi connectivity index (χ1n) is 10.5. The van der Waals surface area contributed by atoms with E-state index in [2.05, 4.69) is 15.5 Å². The standard InChI is InChI=1S/C23H24N4O3/c1-14-20-18(13-19(25-22(20)30-26-14)15-5-3-2-4-6-15)23(29)27-11-9-16(10-12-27)21(28)24-17-7-8-17/h2-6,13,16-17H,7-12H2,1H3,(H,24,28). The van der Waals surface area contributed by atoms with Crippen LogP contribution in [0.15, 0.2) is 40.9 Å². The van der Waals surface area contributed by atoms with Gasteiger partial charge in [-0.3, -0.25) is 9.59 Å². The van der Waals surface area contributed by atoms with Gasteiger partial charge in [0.05, 0.1) is 22.3 Å². The SMILES string of the molecule is Cc1noc2nc(-c3ccccc3)cc(C(=O)N3CCC(C(=O)NC4CC4)CC3)c12. The molecule has 5 rings (SSSR count). The summed E-state index contributed by atoms with van der Waals surface area (Å²) in [5.74, 6) is 0.0633. The zero-order chi connectivity index (χ0) is 20.7. The molecule has 3 heterocycles. The molecule has 0 spiro atoms. The van der Waals surface area contributed by atoms with Crippen molar-refractivity contribution in [2.45, 2.75) is 38.6 Å². The van der Waals surface area contributed by atoms with Gasteiger partial charge in [0.15, 0.2) is 0 Å². The van der Waals surface area contributed by atoms with Gasteiger partial charge in [-0.2, -0.15) is 0 Å². The van der Waals surface area contributed by atoms with E-state index < -0.39 is 0 Å². The van der Waals surface area contributed by atoms with Crippen LogP contribution in [0, 0.1) is 12.8 Å². The highest BCUT2D eigenvalue weighted by atomic mass is 16.5. The quantitative estimate of drug-likeness (QED) is 0.721. The second-order valence-electron chi connectivity index (χ2n) is 8.22. The first kappa shape index (κ1) is 18.8. The number of hydrogen-bond acceptors (Lipinski definition) is 5. The number of carbonyl (C=O) groups is 2. The van der Waals surface area contributed by atoms with Crippen LogP contribution in [0.5, 0.6) is 0 Å². The molecule has 1 aliphatic heterocycles. The predicted molar refractivity (Wildman–Crippen MR) is 112 cm³/mol. The first-order chi connectivity index (χ1) is 14.6. The highest BCUT2D eigenvalue weighted by Gasteiger charge is 2.32. The van der Waals surface area contributed by atoms with Gasteiger partial charge in [-0.05, 0) is 38.7 Å². The minimum absolute atomic E-state index is 0.00989. The molecule has 0 atom stereocenters. The molecule has 2 aliphatic rings. The number of hydrogen-bond donors (Lipinski definition) is 1. The number of aryl methyl sites for hydroxylation is 1. The Hall–Kier alpha value is -3.22. The number of nitrogens with zero attached hydrogens (tertiary/aromatic N) is 3. The van der Waals surface area contributed by atoms with E-state index in [0.717, 1.165) is 18.4 Å². The Kier molecular flexibility index (Phi) is 4.73. The van der Waals surface area contributed by atoms with Crippen molar-refractivity contribution in [2.24, 2.45) is 5.92 Å². The van der Waals surface area contributed by atoms with Crippen molar-refractivity contribution in [1.82, 2.24) is 20.4 Å². The fraction of sp³-hybridized carbons (Fsp3) is 0.391. The molecule has 1 aromatic carbocycles. The predicted octanol–water partition coefficient (Wildman–Crippen LogP) is 3.33. The smallest absolute Gasteiger partial charge is 0.259 e. The Morgan fingerprint density at radius 3 is 2.53 bits per heavy atom. The number of amides is 2. The number of carbonyl (C=O) groups excluding carboxylic acids is 2. The molecule has 1 saturated heterocycles. The fourth-order valence-corrected chi connectivity index (χ4v) is 4.08. The second kappa shape index (κ2) is 7.55. The number of pyridine rings is 1. The number of fused-ring (bicyclic) bond motifs is 1. The summed E-state index contributed by atoms with van der Waals surface area (Å²) in [6.45, 7) is 2.95. The minimum Gasteiger partial charge on any atom is -0.353 e. The summed E-state index contributed by atoms with van der Waals surface area (Å²) in [6.07, 6.45) is 3.55. The maximum absolute atomic E-state index is 13.4. The summed E-state index contributed by atoms with van der Waals surface area (Å²) in [7, 11) is 0. The van der Waals surface area contributed by atoms with E-state index in [0.29, 0.717) is 60.0 Å². The molecule has 7 nitrogen and oxygen atoms in total. The molecule has 30 heavy (non-hydrogen) atoms. The lowest BCUT2D eigenvalue weighted by Gasteiger charge is -2.31. The molecule has 2 aromatic heterocycles. The van der Waals surface area contributed by atoms with Crippen LogP contribution >= 0.6 is 0 Å². The number of aromatic nitrogens is 2. The Morgan fingerprint density at radius 1 is 1.10 bits per heavy atom. The number of piperidine rings is 1. The Morgan fingerprint density at radius 2 is 1.83 bits per heavy atom. The Balaban J connectivity index is 1.40. The Labute approximate surface area is 174 Å². The van der Waals surface area contributed by atoms with Crippen LogP contribution in [0.1, 0.15) is 41.7 Å². The van der Waals surface area contributed by atoms with Crippen molar-refractivity contribution in [3.05, 3.63) is 47.7 Å². The van der Waals surface area contributed by atoms with Crippen molar-refractivity contribution < 1.29 is 14.1 Å². The first-order valence-corrected chi connectivity index (χ1v) is 10.5. The number of nitrogens with one attached hydrogen (secondary N) is 1. The zero-order valence-electron chi connectivity index (χ0n) is 16.9. The molecule has 0 bridgehead atoms. The van der Waals surface area contributed by atoms with E-state index in [4.69, 9.17) is 4.52 Å². The van der Waals surface area contributed by atoms with E-state index in [1.807, 2.05) is 48.2 Å². The zero-order valence-corrected chi connectivity index (χ0v) is 16.9. The topological polar surface area (TPSA) is 88.3 Å². The van der Waals surface area contributed by atoms with Crippen molar-refractivity contribution in [1.29, 1.82) is 0 Å². The molecule has 3 aromatic rings. The van der Waals surface area contributed by atoms with E-state index in [-0.39, 0.29) is 17.7 Å². The van der Waals surface area contributed by atoms with Gasteiger partial charge in [0.2, 0.25) is 5.91 Å². The molecule has 0 radical (unpaired) electrons. The van der Waals surface area contributed by atoms with Gasteiger partial charge < -0.3 is 14.7 Å². The monoisotopic (exact) mass is 404 g/mol. The van der Waals surface area contributed by atoms with Crippen LogP contribution in [0.3, 0.4) is 0 Å². The van der Waals surface area contributed by atoms with Crippen LogP contribution in [0.25, 0.3) is 22.4 Å². The lowest BCUT2D eigenvalue weighted by atomic mass is 9.95. The minimum atomic E-state index is -0.0630. The third kappa shape index (κ3) is 3.56. The molecule has 1 saturated carbocycles. The largest absolute Gasteiger partial charge is 0.353 e. The van der Waals surface area contributed by atoms with Crippen LogP contribution < -0.4 is 5.32 Å². The van der Waals surface area contributed by atoms with Crippen LogP contribution in [0.4, 0.5) is 0 Å². The van der Waals surface area contributed by atoms with Crippen molar-refractivity contribution >= 4 is 22.9 Å². The summed E-state index contributed by atoms with van der Waals surface area (Å²) in [5, 5.41) is 7.77. The number of benzene rings is 1. The maximum Gasteiger partial charge on any atom is 0.259 e. The van der Waals surface area contributed by atoms with Gasteiger partial charge >= 0.3 is 0 Å². The summed E-state index contributed by atoms with van der Waals surface area (Å²) < 4.78 is 5.40. The molecular weight excluding hydrogens is 380 g/mol. The van der Waals surface area contributed by atoms with Crippen LogP contribution in [-0.2, 0) is 4.79 Å². The van der Waals surface area contributed by atoms with Crippen molar-refractivity contribution in [2.75, 3.05) is 13.1 Å². The van der Waals surface area contributed by atoms with Crippen LogP contribution in [-0.4, -0.2) is 46.0 Å². The summed E-state index contributed by atoms with van der Waals surface area (Å²) in [6, 6.07) is 11.9. The normalized spacial score (nSPS) is 17.3. The van der Waals surface area contributed by atoms with Gasteiger partial charge in [0.1, 0.15) is 0 Å². The van der Waals surface area contributed by atoms with Gasteiger partial charge in [0, 0.05) is 30.6 Å². The van der Waals surface area contributed by atoms with E-state index in [1.165, 1.54) is 0 Å². The molecule has 2 fully saturated rings. The van der Waals surface area contributed by atoms with Crippen molar-refractivity contribution in [3.63, 3.8) is 0 Å². The van der Waals surface area contributed by atoms with E-state index in [1.54, 1.807) is 0 Å². The highest BCUT2D eigenvalue weighted by molar-refractivity contribution is 6.07. The fourth-order valence-electron chi connectivity index (χ4n) is 4.08. The van der Waals surface area contributed by atoms with Crippen molar-refractivity contribution in [3.8, 4) is 11.3 Å². The summed E-state index contributed by atoms with van der Waals surface area (Å²) in [5.41, 5.74) is 3.17. The van der Waals surface area contributed by atoms with Gasteiger partial charge in [-0.15, -0.1) is 0 Å². The molecule has 0 unspecified atom stereocenters. The van der Waals surface area contributed by atoms with E-state index in [9.17, 15) is 9.59 Å². The molecule has 7 heteroatoms. The van der Waals surface area contributed by atoms with E-state index >= 15 is 0 Å². The summed E-state index contributed by atoms with van der Waals surface area (Å²) >= 11 is 0. The van der Waals surface area contributed by atoms with Gasteiger partial charge in [-0.25, -0.2) is 4.98 Å². The highest BCUT2D eigenvalue weighted by Crippen LogP contribution is 2.29. The Bertz CT molecular complexity index is 1100. The average Bonchev–Trinajstić information content (AvgIpc) is 3.53. The molecule has 1 aliphatic carbocycles. The summed E-state index contributed by atoms with van der Waals surface area (Å²) in [4.78, 5) is 32.2. The third-order valence-corrected chi connectivity index (χ3v) is 5.99. The molecule has 1 N–H and O–H groups in total. The number of likely N-dealkylation sites (tertiary alicyclic amines) is 1. The molecular formula is C23H24N4O3. The second-order valence-corrected chi connectivity index (χ2v) is 8.22. The van der Waals surface area contributed by atoms with Crippen LogP contribution in [0.2, 0.25) is 0 Å².